The molecule has 1 fully saturated rings. The second kappa shape index (κ2) is 20.3. The molecule has 1 saturated heterocycles. The van der Waals surface area contributed by atoms with Gasteiger partial charge in [-0.2, -0.15) is 0 Å². The first-order chi connectivity index (χ1) is 28.4. The zero-order chi connectivity index (χ0) is 43.9. The van der Waals surface area contributed by atoms with Crippen molar-refractivity contribution in [3.63, 3.8) is 0 Å². The van der Waals surface area contributed by atoms with Crippen LogP contribution in [0.15, 0.2) is 78.4 Å². The van der Waals surface area contributed by atoms with Crippen molar-refractivity contribution in [2.24, 2.45) is 29.1 Å². The van der Waals surface area contributed by atoms with Crippen LogP contribution in [0.1, 0.15) is 112 Å². The van der Waals surface area contributed by atoms with Crippen LogP contribution in [0.25, 0.3) is 28.1 Å². The Morgan fingerprint density at radius 1 is 1.05 bits per heavy atom. The number of benzene rings is 2. The first-order valence-electron chi connectivity index (χ1n) is 21.5. The Hall–Kier alpha value is -4.58. The molecule has 2 heterocycles. The molecule has 2 aromatic carbocycles. The highest BCUT2D eigenvalue weighted by Gasteiger charge is 2.43. The molecule has 10 nitrogen and oxygen atoms in total. The van der Waals surface area contributed by atoms with Gasteiger partial charge >= 0.3 is 17.9 Å². The smallest absolute Gasteiger partial charge is 0.311 e. The van der Waals surface area contributed by atoms with Crippen molar-refractivity contribution in [3.8, 4) is 11.1 Å². The third kappa shape index (κ3) is 11.6. The van der Waals surface area contributed by atoms with Crippen molar-refractivity contribution in [2.75, 3.05) is 0 Å². The van der Waals surface area contributed by atoms with Gasteiger partial charge in [-0.05, 0) is 107 Å². The number of aromatic nitrogens is 1. The highest BCUT2D eigenvalue weighted by Crippen LogP contribution is 2.46. The molecule has 1 aromatic heterocycles. The highest BCUT2D eigenvalue weighted by molar-refractivity contribution is 6.01. The van der Waals surface area contributed by atoms with Gasteiger partial charge in [-0.15, -0.1) is 0 Å². The highest BCUT2D eigenvalue weighted by atomic mass is 19.1. The Kier molecular flexibility index (Phi) is 15.7. The average Bonchev–Trinajstić information content (AvgIpc) is 3.51. The van der Waals surface area contributed by atoms with Gasteiger partial charge in [0.15, 0.2) is 0 Å². The Bertz CT molecular complexity index is 2050. The molecule has 0 saturated carbocycles. The summed E-state index contributed by atoms with van der Waals surface area (Å²) in [6.07, 6.45) is 10.3. The van der Waals surface area contributed by atoms with E-state index in [9.17, 15) is 34.1 Å². The van der Waals surface area contributed by atoms with Crippen molar-refractivity contribution < 1.29 is 48.7 Å². The van der Waals surface area contributed by atoms with E-state index in [1.807, 2.05) is 45.0 Å². The summed E-state index contributed by atoms with van der Waals surface area (Å²) in [6, 6.07) is 14.4. The average molecular weight is 830 g/mol. The van der Waals surface area contributed by atoms with Crippen molar-refractivity contribution in [1.82, 2.24) is 4.57 Å². The maximum atomic E-state index is 13.5. The number of hydrogen-bond donors (Lipinski definition) is 4. The van der Waals surface area contributed by atoms with Crippen molar-refractivity contribution in [1.29, 1.82) is 0 Å². The number of aliphatic hydroxyl groups is 3. The normalized spacial score (nSPS) is 25.2. The minimum Gasteiger partial charge on any atom is -0.481 e. The number of ether oxygens (including phenoxy) is 2. The van der Waals surface area contributed by atoms with E-state index in [2.05, 4.69) is 50.5 Å². The van der Waals surface area contributed by atoms with E-state index in [1.165, 1.54) is 17.7 Å². The summed E-state index contributed by atoms with van der Waals surface area (Å²) < 4.78 is 27.3. The van der Waals surface area contributed by atoms with E-state index in [4.69, 9.17) is 14.6 Å². The van der Waals surface area contributed by atoms with Crippen LogP contribution < -0.4 is 0 Å². The van der Waals surface area contributed by atoms with Gasteiger partial charge in [0.1, 0.15) is 18.0 Å². The number of carboxylic acid groups (broad SMARTS) is 1. The zero-order valence-corrected chi connectivity index (χ0v) is 36.1. The molecule has 0 radical (unpaired) electrons. The summed E-state index contributed by atoms with van der Waals surface area (Å²) in [7, 11) is 0. The molecule has 0 unspecified atom stereocenters. The van der Waals surface area contributed by atoms with Crippen molar-refractivity contribution in [3.05, 3.63) is 89.9 Å². The summed E-state index contributed by atoms with van der Waals surface area (Å²) in [4.78, 5) is 35.3. The van der Waals surface area contributed by atoms with E-state index in [1.54, 1.807) is 24.3 Å². The zero-order valence-electron chi connectivity index (χ0n) is 36.1. The number of allylic oxidation sites excluding steroid dienone is 3. The molecule has 0 spiro atoms. The van der Waals surface area contributed by atoms with Crippen LogP contribution in [0.5, 0.6) is 0 Å². The molecule has 0 amide bonds. The molecular formula is C49H64FNO9. The number of carboxylic acids is 1. The first kappa shape index (κ1) is 46.5. The molecule has 3 aliphatic rings. The Morgan fingerprint density at radius 2 is 1.75 bits per heavy atom. The van der Waals surface area contributed by atoms with Gasteiger partial charge in [-0.1, -0.05) is 75.4 Å². The minimum absolute atomic E-state index is 0.0728. The SMILES string of the molecule is CC(C)n1c(/C=C/[C@@H](O)C[C@@H](O)CC(=O)O)c(-c2ccc(F)cc2)c2ccccc21.CCC(C)(C)C(=O)O[C@H]1C[C@@H](C)C=C2C=C[C@H](C)[C@H](CC[C@@H]3C[C@@H](O)CC(=O)O3)[C@H]21. The number of halogens is 1. The molecule has 11 heteroatoms. The van der Waals surface area contributed by atoms with Gasteiger partial charge in [0, 0.05) is 47.0 Å². The lowest BCUT2D eigenvalue weighted by Crippen LogP contribution is -2.43. The third-order valence-corrected chi connectivity index (χ3v) is 12.3. The number of aliphatic hydroxyl groups excluding tert-OH is 3. The molecule has 60 heavy (non-hydrogen) atoms. The van der Waals surface area contributed by atoms with E-state index in [0.717, 1.165) is 53.4 Å². The summed E-state index contributed by atoms with van der Waals surface area (Å²) >= 11 is 0. The summed E-state index contributed by atoms with van der Waals surface area (Å²) in [5.74, 6) is -0.651. The van der Waals surface area contributed by atoms with Crippen LogP contribution in [-0.2, 0) is 23.9 Å². The second-order valence-corrected chi connectivity index (χ2v) is 17.9. The predicted molar refractivity (Wildman–Crippen MR) is 231 cm³/mol. The maximum absolute atomic E-state index is 13.5. The van der Waals surface area contributed by atoms with E-state index in [0.29, 0.717) is 24.2 Å². The Morgan fingerprint density at radius 3 is 2.40 bits per heavy atom. The fraction of sp³-hybridized carbons (Fsp3) is 0.531. The van der Waals surface area contributed by atoms with E-state index >= 15 is 0 Å². The topological polar surface area (TPSA) is 156 Å². The van der Waals surface area contributed by atoms with Gasteiger partial charge in [-0.25, -0.2) is 4.39 Å². The molecule has 2 aliphatic carbocycles. The lowest BCUT2D eigenvalue weighted by Gasteiger charge is -2.44. The van der Waals surface area contributed by atoms with Crippen LogP contribution in [0, 0.1) is 34.9 Å². The minimum atomic E-state index is -1.13. The number of esters is 2. The number of hydrogen-bond acceptors (Lipinski definition) is 8. The van der Waals surface area contributed by atoms with Crippen LogP contribution in [-0.4, -0.2) is 73.4 Å². The van der Waals surface area contributed by atoms with Crippen LogP contribution in [0.2, 0.25) is 0 Å². The molecule has 0 bridgehead atoms. The van der Waals surface area contributed by atoms with E-state index < -0.39 is 36.1 Å². The number of aliphatic carboxylic acids is 1. The number of carbonyl (C=O) groups excluding carboxylic acids is 2. The summed E-state index contributed by atoms with van der Waals surface area (Å²) in [6.45, 7) is 14.4. The molecule has 4 N–H and O–H groups in total. The number of nitrogens with zero attached hydrogens (tertiary/aromatic N) is 1. The fourth-order valence-electron chi connectivity index (χ4n) is 8.85. The fourth-order valence-corrected chi connectivity index (χ4v) is 8.85. The van der Waals surface area contributed by atoms with Crippen LogP contribution in [0.4, 0.5) is 4.39 Å². The number of rotatable bonds is 14. The number of fused-ring (bicyclic) bond motifs is 2. The molecule has 3 aromatic rings. The van der Waals surface area contributed by atoms with Crippen molar-refractivity contribution in [2.45, 2.75) is 136 Å². The quantitative estimate of drug-likeness (QED) is 0.116. The standard InChI is InChI=1S/C25H38O5.C24H26FNO4/c1-6-25(4,5)24(28)30-21-12-15(2)11-17-8-7-16(3)20(23(17)21)10-9-19-13-18(26)14-22(27)29-19;1-15(2)26-21-6-4-3-5-20(21)24(16-7-9-17(25)10-8-16)22(26)12-11-18(27)13-19(28)14-23(29)30/h7-8,11,15-16,18-21,23,26H,6,9-10,12-14H2,1-5H3;3-12,15,18-19,27-28H,13-14H2,1-2H3,(H,29,30)/b;12-11+/t15-,16-,18+,19+,20-,21-,23-;18-,19-/m01/s1. The summed E-state index contributed by atoms with van der Waals surface area (Å²) in [5, 5.41) is 39.8. The van der Waals surface area contributed by atoms with Gasteiger partial charge in [0.2, 0.25) is 0 Å². The first-order valence-corrected chi connectivity index (χ1v) is 21.5. The van der Waals surface area contributed by atoms with Crippen LogP contribution >= 0.6 is 0 Å². The summed E-state index contributed by atoms with van der Waals surface area (Å²) in [5.41, 5.74) is 4.43. The molecule has 6 rings (SSSR count). The lowest BCUT2D eigenvalue weighted by atomic mass is 9.65. The third-order valence-electron chi connectivity index (χ3n) is 12.3. The Balaban J connectivity index is 0.000000228. The molecule has 1 aliphatic heterocycles. The number of cyclic esters (lactones) is 1. The Labute approximate surface area is 353 Å². The van der Waals surface area contributed by atoms with Gasteiger partial charge in [0.05, 0.1) is 36.6 Å². The number of para-hydroxylation sites is 1. The second-order valence-electron chi connectivity index (χ2n) is 17.9. The van der Waals surface area contributed by atoms with E-state index in [-0.39, 0.29) is 54.8 Å². The van der Waals surface area contributed by atoms with Crippen molar-refractivity contribution >= 4 is 34.9 Å². The van der Waals surface area contributed by atoms with Gasteiger partial charge in [-0.3, -0.25) is 14.4 Å². The lowest BCUT2D eigenvalue weighted by molar-refractivity contribution is -0.166. The van der Waals surface area contributed by atoms with Crippen LogP contribution in [0.3, 0.4) is 0 Å². The monoisotopic (exact) mass is 829 g/mol. The maximum Gasteiger partial charge on any atom is 0.311 e. The largest absolute Gasteiger partial charge is 0.481 e. The number of carbonyl (C=O) groups is 3. The predicted octanol–water partition coefficient (Wildman–Crippen LogP) is 9.21. The van der Waals surface area contributed by atoms with Gasteiger partial charge < -0.3 is 34.5 Å². The van der Waals surface area contributed by atoms with Gasteiger partial charge in [0.25, 0.3) is 0 Å². The molecule has 326 valence electrons. The molecular weight excluding hydrogens is 766 g/mol. The molecule has 9 atom stereocenters.